The molecular weight excluding hydrogens is 480 g/mol. The zero-order chi connectivity index (χ0) is 25.4. The largest absolute Gasteiger partial charge is 0.289 e. The van der Waals surface area contributed by atoms with Gasteiger partial charge in [-0.1, -0.05) is 64.1 Å². The third-order valence-electron chi connectivity index (χ3n) is 6.53. The summed E-state index contributed by atoms with van der Waals surface area (Å²) >= 11 is 3.37. The third kappa shape index (κ3) is 4.59. The van der Waals surface area contributed by atoms with Crippen molar-refractivity contribution in [1.82, 2.24) is 0 Å². The topological polar surface area (TPSA) is 34.1 Å². The number of rotatable bonds is 2. The van der Waals surface area contributed by atoms with Crippen molar-refractivity contribution in [2.45, 2.75) is 39.5 Å². The van der Waals surface area contributed by atoms with E-state index in [1.165, 1.54) is 11.1 Å². The minimum Gasteiger partial charge on any atom is -0.289 e. The molecule has 0 saturated heterocycles. The van der Waals surface area contributed by atoms with Crippen LogP contribution in [0, 0.1) is 0 Å². The summed E-state index contributed by atoms with van der Waals surface area (Å²) in [5.74, 6) is 0.899. The van der Waals surface area contributed by atoms with Crippen LogP contribution in [0.2, 0.25) is 0 Å². The van der Waals surface area contributed by atoms with E-state index in [1.54, 1.807) is 22.7 Å². The summed E-state index contributed by atoms with van der Waals surface area (Å²) in [6.07, 6.45) is 0. The van der Waals surface area contributed by atoms with Crippen LogP contribution in [-0.4, -0.2) is 0 Å². The molecule has 0 spiro atoms. The van der Waals surface area contributed by atoms with Gasteiger partial charge in [0.2, 0.25) is 0 Å². The fraction of sp³-hybridized carbons (Fsp3) is 0.188. The van der Waals surface area contributed by atoms with Crippen molar-refractivity contribution in [3.05, 3.63) is 117 Å². The number of benzene rings is 4. The highest BCUT2D eigenvalue weighted by molar-refractivity contribution is 7.24. The molecule has 6 aromatic rings. The quantitative estimate of drug-likeness (QED) is 0.219. The smallest absolute Gasteiger partial charge is 0.195 e. The van der Waals surface area contributed by atoms with Gasteiger partial charge in [-0.15, -0.1) is 22.7 Å². The molecule has 0 N–H and O–H groups in total. The lowest BCUT2D eigenvalue weighted by Crippen LogP contribution is -2.01. The highest BCUT2D eigenvalue weighted by Gasteiger charge is 2.09. The van der Waals surface area contributed by atoms with Crippen LogP contribution in [0.25, 0.3) is 40.3 Å². The SMILES string of the molecule is CC(C)c1ccc2sc3ccccc3c(=O)c2c1.CC(C)c1ccc2sc3ccccc3c(=O)c2c1. The molecule has 2 aromatic heterocycles. The molecule has 0 saturated carbocycles. The van der Waals surface area contributed by atoms with E-state index in [0.717, 1.165) is 40.3 Å². The Labute approximate surface area is 218 Å². The summed E-state index contributed by atoms with van der Waals surface area (Å²) in [4.78, 5) is 24.9. The Kier molecular flexibility index (Phi) is 6.74. The summed E-state index contributed by atoms with van der Waals surface area (Å²) < 4.78 is 4.27. The molecular formula is C32H28O2S2. The van der Waals surface area contributed by atoms with Gasteiger partial charge in [-0.2, -0.15) is 0 Å². The molecule has 36 heavy (non-hydrogen) atoms. The van der Waals surface area contributed by atoms with Crippen molar-refractivity contribution >= 4 is 63.0 Å². The predicted molar refractivity (Wildman–Crippen MR) is 159 cm³/mol. The van der Waals surface area contributed by atoms with E-state index in [0.29, 0.717) is 11.8 Å². The molecule has 0 atom stereocenters. The third-order valence-corrected chi connectivity index (χ3v) is 8.84. The molecule has 2 heterocycles. The zero-order valence-corrected chi connectivity index (χ0v) is 22.5. The Bertz CT molecular complexity index is 1700. The van der Waals surface area contributed by atoms with Gasteiger partial charge < -0.3 is 0 Å². The van der Waals surface area contributed by atoms with Crippen LogP contribution in [-0.2, 0) is 0 Å². The van der Waals surface area contributed by atoms with Crippen LogP contribution >= 0.6 is 22.7 Å². The van der Waals surface area contributed by atoms with E-state index in [9.17, 15) is 9.59 Å². The molecule has 0 radical (unpaired) electrons. The summed E-state index contributed by atoms with van der Waals surface area (Å²) in [5.41, 5.74) is 2.76. The monoisotopic (exact) mass is 508 g/mol. The molecule has 180 valence electrons. The normalized spacial score (nSPS) is 11.5. The van der Waals surface area contributed by atoms with E-state index in [2.05, 4.69) is 52.0 Å². The van der Waals surface area contributed by atoms with Gasteiger partial charge in [0.1, 0.15) is 0 Å². The second-order valence-corrected chi connectivity index (χ2v) is 11.8. The van der Waals surface area contributed by atoms with Gasteiger partial charge in [0, 0.05) is 40.3 Å². The highest BCUT2D eigenvalue weighted by atomic mass is 32.1. The van der Waals surface area contributed by atoms with Crippen molar-refractivity contribution < 1.29 is 0 Å². The Morgan fingerprint density at radius 2 is 0.833 bits per heavy atom. The first-order valence-corrected chi connectivity index (χ1v) is 13.9. The molecule has 0 bridgehead atoms. The molecule has 6 rings (SSSR count). The van der Waals surface area contributed by atoms with Crippen LogP contribution in [0.4, 0.5) is 0 Å². The standard InChI is InChI=1S/2C16H14OS/c2*1-10(2)11-7-8-15-13(9-11)16(17)12-5-3-4-6-14(12)18-15/h2*3-10H,1-2H3. The van der Waals surface area contributed by atoms with Crippen LogP contribution in [0.5, 0.6) is 0 Å². The molecule has 0 aliphatic rings. The highest BCUT2D eigenvalue weighted by Crippen LogP contribution is 2.28. The first kappa shape index (κ1) is 24.4. The summed E-state index contributed by atoms with van der Waals surface area (Å²) in [5, 5.41) is 3.36. The minimum absolute atomic E-state index is 0.154. The fourth-order valence-electron chi connectivity index (χ4n) is 4.36. The predicted octanol–water partition coefficient (Wildman–Crippen LogP) is 9.08. The molecule has 0 amide bonds. The summed E-state index contributed by atoms with van der Waals surface area (Å²) in [6, 6.07) is 28.1. The molecule has 0 unspecified atom stereocenters. The van der Waals surface area contributed by atoms with Crippen LogP contribution in [0.15, 0.2) is 94.5 Å². The Morgan fingerprint density at radius 3 is 1.22 bits per heavy atom. The average Bonchev–Trinajstić information content (AvgIpc) is 2.89. The van der Waals surface area contributed by atoms with Crippen LogP contribution in [0.1, 0.15) is 50.7 Å². The van der Waals surface area contributed by atoms with E-state index in [4.69, 9.17) is 0 Å². The van der Waals surface area contributed by atoms with Gasteiger partial charge in [-0.25, -0.2) is 0 Å². The first-order valence-electron chi connectivity index (χ1n) is 12.2. The molecule has 0 aliphatic carbocycles. The maximum absolute atomic E-state index is 12.5. The second-order valence-electron chi connectivity index (χ2n) is 9.68. The lowest BCUT2D eigenvalue weighted by Gasteiger charge is -2.07. The summed E-state index contributed by atoms with van der Waals surface area (Å²) in [6.45, 7) is 8.60. The van der Waals surface area contributed by atoms with Crippen molar-refractivity contribution in [2.75, 3.05) is 0 Å². The molecule has 0 fully saturated rings. The number of hydrogen-bond donors (Lipinski definition) is 0. The van der Waals surface area contributed by atoms with Gasteiger partial charge in [-0.3, -0.25) is 9.59 Å². The van der Waals surface area contributed by atoms with Crippen molar-refractivity contribution in [1.29, 1.82) is 0 Å². The Morgan fingerprint density at radius 1 is 0.472 bits per heavy atom. The van der Waals surface area contributed by atoms with Crippen molar-refractivity contribution in [3.8, 4) is 0 Å². The minimum atomic E-state index is 0.154. The van der Waals surface area contributed by atoms with Crippen molar-refractivity contribution in [3.63, 3.8) is 0 Å². The number of fused-ring (bicyclic) bond motifs is 4. The van der Waals surface area contributed by atoms with Gasteiger partial charge in [-0.05, 0) is 71.5 Å². The van der Waals surface area contributed by atoms with Gasteiger partial charge in [0.05, 0.1) is 0 Å². The fourth-order valence-corrected chi connectivity index (χ4v) is 6.46. The summed E-state index contributed by atoms with van der Waals surface area (Å²) in [7, 11) is 0. The van der Waals surface area contributed by atoms with Gasteiger partial charge in [0.15, 0.2) is 10.9 Å². The second kappa shape index (κ2) is 9.96. The first-order chi connectivity index (χ1) is 17.3. The molecule has 0 aliphatic heterocycles. The van der Waals surface area contributed by atoms with E-state index < -0.39 is 0 Å². The van der Waals surface area contributed by atoms with Crippen LogP contribution in [0.3, 0.4) is 0 Å². The molecule has 4 heteroatoms. The van der Waals surface area contributed by atoms with E-state index >= 15 is 0 Å². The maximum atomic E-state index is 12.5. The van der Waals surface area contributed by atoms with E-state index in [1.807, 2.05) is 60.7 Å². The van der Waals surface area contributed by atoms with Crippen molar-refractivity contribution in [2.24, 2.45) is 0 Å². The lowest BCUT2D eigenvalue weighted by molar-refractivity contribution is 0.869. The Balaban J connectivity index is 0.000000148. The van der Waals surface area contributed by atoms with E-state index in [-0.39, 0.29) is 10.9 Å². The lowest BCUT2D eigenvalue weighted by atomic mass is 10.0. The molecule has 2 nitrogen and oxygen atoms in total. The maximum Gasteiger partial charge on any atom is 0.195 e. The average molecular weight is 509 g/mol. The zero-order valence-electron chi connectivity index (χ0n) is 20.9. The number of hydrogen-bond acceptors (Lipinski definition) is 4. The van der Waals surface area contributed by atoms with Gasteiger partial charge >= 0.3 is 0 Å². The Hall–Kier alpha value is -3.34. The van der Waals surface area contributed by atoms with Gasteiger partial charge in [0.25, 0.3) is 0 Å². The van der Waals surface area contributed by atoms with Crippen LogP contribution < -0.4 is 10.9 Å². The molecule has 4 aromatic carbocycles.